The maximum Gasteiger partial charge on any atom is 0.139 e. The van der Waals surface area contributed by atoms with E-state index in [1.807, 2.05) is 0 Å². The molecule has 0 aromatic heterocycles. The molecule has 0 aliphatic heterocycles. The molecule has 72 valence electrons. The van der Waals surface area contributed by atoms with Gasteiger partial charge in [-0.05, 0) is 37.5 Å². The lowest BCUT2D eigenvalue weighted by Gasteiger charge is -2.58. The predicted octanol–water partition coefficient (Wildman–Crippen LogP) is 1.52. The number of carbonyl (C=O) groups excluding carboxylic acids is 1. The normalized spacial score (nSPS) is 58.8. The van der Waals surface area contributed by atoms with Crippen LogP contribution in [0.2, 0.25) is 0 Å². The van der Waals surface area contributed by atoms with Crippen LogP contribution in [0.15, 0.2) is 0 Å². The summed E-state index contributed by atoms with van der Waals surface area (Å²) in [5.41, 5.74) is -0.205. The number of carbonyl (C=O) groups is 1. The van der Waals surface area contributed by atoms with E-state index < -0.39 is 5.60 Å². The van der Waals surface area contributed by atoms with E-state index in [2.05, 4.69) is 6.92 Å². The van der Waals surface area contributed by atoms with Gasteiger partial charge in [-0.25, -0.2) is 0 Å². The predicted molar refractivity (Wildman–Crippen MR) is 48.1 cm³/mol. The summed E-state index contributed by atoms with van der Waals surface area (Å²) in [6.45, 7) is 2.24. The zero-order chi connectivity index (χ0) is 9.27. The highest BCUT2D eigenvalue weighted by Crippen LogP contribution is 2.59. The van der Waals surface area contributed by atoms with Crippen LogP contribution in [0.4, 0.5) is 0 Å². The lowest BCUT2D eigenvalue weighted by Crippen LogP contribution is -2.58. The topological polar surface area (TPSA) is 37.3 Å². The molecular weight excluding hydrogens is 164 g/mol. The average molecular weight is 180 g/mol. The van der Waals surface area contributed by atoms with E-state index in [1.165, 1.54) is 0 Å². The Morgan fingerprint density at radius 2 is 1.77 bits per heavy atom. The molecule has 4 fully saturated rings. The van der Waals surface area contributed by atoms with Crippen molar-refractivity contribution < 1.29 is 9.90 Å². The molecule has 2 heteroatoms. The van der Waals surface area contributed by atoms with Gasteiger partial charge in [0.25, 0.3) is 0 Å². The summed E-state index contributed by atoms with van der Waals surface area (Å²) in [5, 5.41) is 10.2. The molecule has 0 radical (unpaired) electrons. The number of aliphatic hydroxyl groups is 1. The molecule has 4 rings (SSSR count). The zero-order valence-corrected chi connectivity index (χ0v) is 8.05. The number of hydrogen-bond donors (Lipinski definition) is 1. The third-order valence-corrected chi connectivity index (χ3v) is 4.29. The highest BCUT2D eigenvalue weighted by molar-refractivity contribution is 5.86. The first kappa shape index (κ1) is 7.98. The fourth-order valence-electron chi connectivity index (χ4n) is 4.24. The van der Waals surface area contributed by atoms with Gasteiger partial charge in [-0.15, -0.1) is 0 Å². The minimum Gasteiger partial charge on any atom is -0.390 e. The fraction of sp³-hybridized carbons (Fsp3) is 0.909. The first-order chi connectivity index (χ1) is 6.00. The maximum atomic E-state index is 11.7. The van der Waals surface area contributed by atoms with Crippen molar-refractivity contribution in [2.45, 2.75) is 44.6 Å². The number of hydrogen-bond acceptors (Lipinski definition) is 2. The van der Waals surface area contributed by atoms with Crippen LogP contribution in [0, 0.1) is 17.3 Å². The molecule has 1 N–H and O–H groups in total. The van der Waals surface area contributed by atoms with Crippen LogP contribution < -0.4 is 0 Å². The van der Waals surface area contributed by atoms with Crippen LogP contribution in [-0.4, -0.2) is 16.5 Å². The van der Waals surface area contributed by atoms with Crippen molar-refractivity contribution in [2.24, 2.45) is 17.3 Å². The monoisotopic (exact) mass is 180 g/mol. The van der Waals surface area contributed by atoms with Crippen molar-refractivity contribution in [3.63, 3.8) is 0 Å². The van der Waals surface area contributed by atoms with E-state index in [9.17, 15) is 9.90 Å². The molecule has 4 aliphatic rings. The Hall–Kier alpha value is -0.370. The Kier molecular flexibility index (Phi) is 1.23. The molecule has 0 heterocycles. The minimum absolute atomic E-state index is 0.191. The zero-order valence-electron chi connectivity index (χ0n) is 8.05. The second kappa shape index (κ2) is 2.00. The Morgan fingerprint density at radius 1 is 1.23 bits per heavy atom. The highest BCUT2D eigenvalue weighted by Gasteiger charge is 2.58. The van der Waals surface area contributed by atoms with Crippen LogP contribution in [0.5, 0.6) is 0 Å². The SMILES string of the molecule is CC12CC3CC(O)(CC(C1)C3=O)C2. The van der Waals surface area contributed by atoms with Gasteiger partial charge in [0.2, 0.25) is 0 Å². The van der Waals surface area contributed by atoms with Crippen molar-refractivity contribution in [1.29, 1.82) is 0 Å². The van der Waals surface area contributed by atoms with Crippen LogP contribution in [0.1, 0.15) is 39.0 Å². The molecule has 0 saturated heterocycles. The summed E-state index contributed by atoms with van der Waals surface area (Å²) in [6.07, 6.45) is 4.49. The summed E-state index contributed by atoms with van der Waals surface area (Å²) in [4.78, 5) is 11.7. The van der Waals surface area contributed by atoms with Crippen LogP contribution in [0.3, 0.4) is 0 Å². The molecule has 4 saturated carbocycles. The Balaban J connectivity index is 2.04. The van der Waals surface area contributed by atoms with Gasteiger partial charge in [-0.1, -0.05) is 6.92 Å². The minimum atomic E-state index is -0.478. The van der Waals surface area contributed by atoms with E-state index in [1.54, 1.807) is 0 Å². The van der Waals surface area contributed by atoms with Crippen molar-refractivity contribution in [3.8, 4) is 0 Å². The summed E-state index contributed by atoms with van der Waals surface area (Å²) in [7, 11) is 0. The smallest absolute Gasteiger partial charge is 0.139 e. The van der Waals surface area contributed by atoms with E-state index in [-0.39, 0.29) is 17.3 Å². The van der Waals surface area contributed by atoms with Gasteiger partial charge in [-0.3, -0.25) is 4.79 Å². The molecule has 4 aliphatic carbocycles. The third kappa shape index (κ3) is 0.954. The standard InChI is InChI=1S/C11H16O2/c1-10-2-7-4-11(13,6-10)5-8(3-10)9(7)12/h7-8,13H,2-6H2,1H3. The second-order valence-corrected chi connectivity index (χ2v) is 5.82. The average Bonchev–Trinajstić information content (AvgIpc) is 1.94. The molecule has 0 spiro atoms. The molecule has 0 aromatic rings. The van der Waals surface area contributed by atoms with Gasteiger partial charge in [0.15, 0.2) is 0 Å². The molecular formula is C11H16O2. The van der Waals surface area contributed by atoms with Crippen LogP contribution in [-0.2, 0) is 4.79 Å². The van der Waals surface area contributed by atoms with Gasteiger partial charge >= 0.3 is 0 Å². The molecule has 0 aromatic carbocycles. The molecule has 2 nitrogen and oxygen atoms in total. The number of Topliss-reactive ketones (excluding diaryl/α,β-unsaturated/α-hetero) is 1. The maximum absolute atomic E-state index is 11.7. The summed E-state index contributed by atoms with van der Waals surface area (Å²) in [6, 6.07) is 0. The van der Waals surface area contributed by atoms with E-state index in [0.29, 0.717) is 5.78 Å². The lowest BCUT2D eigenvalue weighted by atomic mass is 9.48. The van der Waals surface area contributed by atoms with Crippen molar-refractivity contribution in [3.05, 3.63) is 0 Å². The molecule has 4 bridgehead atoms. The van der Waals surface area contributed by atoms with E-state index >= 15 is 0 Å². The van der Waals surface area contributed by atoms with Crippen molar-refractivity contribution in [1.82, 2.24) is 0 Å². The van der Waals surface area contributed by atoms with Crippen LogP contribution in [0.25, 0.3) is 0 Å². The lowest BCUT2D eigenvalue weighted by molar-refractivity contribution is -0.175. The van der Waals surface area contributed by atoms with Gasteiger partial charge in [0, 0.05) is 11.8 Å². The van der Waals surface area contributed by atoms with Gasteiger partial charge in [0.1, 0.15) is 5.78 Å². The van der Waals surface area contributed by atoms with E-state index in [4.69, 9.17) is 0 Å². The van der Waals surface area contributed by atoms with Gasteiger partial charge in [0.05, 0.1) is 5.60 Å². The molecule has 2 unspecified atom stereocenters. The Morgan fingerprint density at radius 3 is 2.23 bits per heavy atom. The molecule has 13 heavy (non-hydrogen) atoms. The van der Waals surface area contributed by atoms with Crippen molar-refractivity contribution in [2.75, 3.05) is 0 Å². The fourth-order valence-corrected chi connectivity index (χ4v) is 4.24. The summed E-state index contributed by atoms with van der Waals surface area (Å²) in [5.74, 6) is 0.828. The quantitative estimate of drug-likeness (QED) is 0.613. The van der Waals surface area contributed by atoms with Crippen molar-refractivity contribution >= 4 is 5.78 Å². The molecule has 0 amide bonds. The van der Waals surface area contributed by atoms with Gasteiger partial charge in [-0.2, -0.15) is 0 Å². The summed E-state index contributed by atoms with van der Waals surface area (Å²) >= 11 is 0. The highest BCUT2D eigenvalue weighted by atomic mass is 16.3. The number of ketones is 1. The first-order valence-corrected chi connectivity index (χ1v) is 5.26. The Bertz CT molecular complexity index is 244. The second-order valence-electron chi connectivity index (χ2n) is 5.82. The van der Waals surface area contributed by atoms with Gasteiger partial charge < -0.3 is 5.11 Å². The largest absolute Gasteiger partial charge is 0.390 e. The first-order valence-electron chi connectivity index (χ1n) is 5.26. The third-order valence-electron chi connectivity index (χ3n) is 4.29. The molecule has 2 atom stereocenters. The van der Waals surface area contributed by atoms with E-state index in [0.717, 1.165) is 32.1 Å². The Labute approximate surface area is 78.3 Å². The number of rotatable bonds is 0. The van der Waals surface area contributed by atoms with Crippen LogP contribution >= 0.6 is 0 Å². The summed E-state index contributed by atoms with van der Waals surface area (Å²) < 4.78 is 0.